The molecule has 0 unspecified atom stereocenters. The van der Waals surface area contributed by atoms with Gasteiger partial charge in [0.2, 0.25) is 0 Å². The van der Waals surface area contributed by atoms with Gasteiger partial charge in [0.25, 0.3) is 5.91 Å². The Balaban J connectivity index is 1.66. The van der Waals surface area contributed by atoms with E-state index in [1.807, 2.05) is 6.07 Å². The number of rotatable bonds is 4. The van der Waals surface area contributed by atoms with Gasteiger partial charge in [-0.2, -0.15) is 0 Å². The molecule has 116 valence electrons. The average Bonchev–Trinajstić information content (AvgIpc) is 2.98. The Hall–Kier alpha value is -1.72. The second-order valence-electron chi connectivity index (χ2n) is 5.53. The zero-order valence-corrected chi connectivity index (χ0v) is 13.0. The number of thiophene rings is 1. The monoisotopic (exact) mass is 319 g/mol. The van der Waals surface area contributed by atoms with Crippen molar-refractivity contribution in [1.82, 2.24) is 5.32 Å². The maximum absolute atomic E-state index is 13.3. The van der Waals surface area contributed by atoms with E-state index in [4.69, 9.17) is 5.11 Å². The Kier molecular flexibility index (Phi) is 4.55. The molecule has 5 heteroatoms. The second kappa shape index (κ2) is 6.58. The number of nitrogens with one attached hydrogen (secondary N) is 1. The molecule has 1 amide bonds. The predicted molar refractivity (Wildman–Crippen MR) is 84.5 cm³/mol. The first-order valence-corrected chi connectivity index (χ1v) is 8.27. The summed E-state index contributed by atoms with van der Waals surface area (Å²) < 4.78 is 13.3. The lowest BCUT2D eigenvalue weighted by Gasteiger charge is -2.08. The van der Waals surface area contributed by atoms with E-state index in [2.05, 4.69) is 5.32 Å². The van der Waals surface area contributed by atoms with Gasteiger partial charge in [0.05, 0.1) is 11.5 Å². The summed E-state index contributed by atoms with van der Waals surface area (Å²) in [5.74, 6) is -0.516. The zero-order chi connectivity index (χ0) is 15.5. The molecule has 22 heavy (non-hydrogen) atoms. The number of hydrogen-bond donors (Lipinski definition) is 2. The molecule has 1 aromatic heterocycles. The van der Waals surface area contributed by atoms with Crippen LogP contribution in [0, 0.1) is 5.82 Å². The number of carbonyl (C=O) groups excluding carboxylic acids is 1. The van der Waals surface area contributed by atoms with E-state index in [-0.39, 0.29) is 18.1 Å². The molecule has 1 aliphatic rings. The van der Waals surface area contributed by atoms with E-state index in [0.29, 0.717) is 6.54 Å². The molecule has 0 aliphatic heterocycles. The standard InChI is InChI=1S/C17H18FNO2S/c18-14-6-5-11(7-13(14)10-20)9-19-17(21)16-8-12-3-1-2-4-15(12)22-16/h5-8,20H,1-4,9-10H2,(H,19,21). The van der Waals surface area contributed by atoms with Crippen LogP contribution in [-0.2, 0) is 26.0 Å². The molecule has 1 aromatic carbocycles. The molecule has 3 nitrogen and oxygen atoms in total. The first-order chi connectivity index (χ1) is 10.7. The molecule has 2 aromatic rings. The van der Waals surface area contributed by atoms with Crippen molar-refractivity contribution in [3.63, 3.8) is 0 Å². The van der Waals surface area contributed by atoms with Crippen molar-refractivity contribution in [3.8, 4) is 0 Å². The van der Waals surface area contributed by atoms with Gasteiger partial charge >= 0.3 is 0 Å². The molecule has 1 heterocycles. The molecule has 0 atom stereocenters. The van der Waals surface area contributed by atoms with Crippen LogP contribution in [0.15, 0.2) is 24.3 Å². The smallest absolute Gasteiger partial charge is 0.261 e. The van der Waals surface area contributed by atoms with Crippen LogP contribution in [0.5, 0.6) is 0 Å². The lowest BCUT2D eigenvalue weighted by Crippen LogP contribution is -2.21. The van der Waals surface area contributed by atoms with Gasteiger partial charge in [0.15, 0.2) is 0 Å². The number of fused-ring (bicyclic) bond motifs is 1. The zero-order valence-electron chi connectivity index (χ0n) is 12.2. The molecule has 0 saturated carbocycles. The van der Waals surface area contributed by atoms with Gasteiger partial charge < -0.3 is 10.4 Å². The van der Waals surface area contributed by atoms with E-state index < -0.39 is 5.82 Å². The average molecular weight is 319 g/mol. The van der Waals surface area contributed by atoms with Gasteiger partial charge in [-0.3, -0.25) is 4.79 Å². The fraction of sp³-hybridized carbons (Fsp3) is 0.353. The van der Waals surface area contributed by atoms with Gasteiger partial charge in [-0.05, 0) is 55.0 Å². The molecule has 2 N–H and O–H groups in total. The van der Waals surface area contributed by atoms with Crippen LogP contribution in [-0.4, -0.2) is 11.0 Å². The normalized spacial score (nSPS) is 13.7. The first-order valence-electron chi connectivity index (χ1n) is 7.45. The van der Waals surface area contributed by atoms with Crippen LogP contribution in [0.1, 0.15) is 44.1 Å². The minimum atomic E-state index is -0.427. The van der Waals surface area contributed by atoms with Crippen molar-refractivity contribution in [2.24, 2.45) is 0 Å². The molecule has 0 saturated heterocycles. The number of hydrogen-bond acceptors (Lipinski definition) is 3. The van der Waals surface area contributed by atoms with Crippen LogP contribution in [0.3, 0.4) is 0 Å². The van der Waals surface area contributed by atoms with Gasteiger partial charge in [-0.1, -0.05) is 6.07 Å². The molecule has 0 radical (unpaired) electrons. The second-order valence-corrected chi connectivity index (χ2v) is 6.67. The molecule has 0 spiro atoms. The largest absolute Gasteiger partial charge is 0.392 e. The molecule has 3 rings (SSSR count). The highest BCUT2D eigenvalue weighted by molar-refractivity contribution is 7.14. The fourth-order valence-corrected chi connectivity index (χ4v) is 3.90. The molecule has 0 fully saturated rings. The Bertz CT molecular complexity index is 672. The molecular weight excluding hydrogens is 301 g/mol. The van der Waals surface area contributed by atoms with Crippen LogP contribution in [0.25, 0.3) is 0 Å². The van der Waals surface area contributed by atoms with Crippen LogP contribution in [0.2, 0.25) is 0 Å². The first kappa shape index (κ1) is 15.2. The number of aliphatic hydroxyl groups is 1. The summed E-state index contributed by atoms with van der Waals surface area (Å²) in [6.45, 7) is -0.0139. The maximum Gasteiger partial charge on any atom is 0.261 e. The number of amides is 1. The van der Waals surface area contributed by atoms with Crippen LogP contribution >= 0.6 is 11.3 Å². The third-order valence-corrected chi connectivity index (χ3v) is 5.19. The minimum Gasteiger partial charge on any atom is -0.392 e. The number of benzene rings is 1. The highest BCUT2D eigenvalue weighted by Crippen LogP contribution is 2.29. The summed E-state index contributed by atoms with van der Waals surface area (Å²) >= 11 is 1.58. The summed E-state index contributed by atoms with van der Waals surface area (Å²) in [4.78, 5) is 14.3. The van der Waals surface area contributed by atoms with E-state index in [1.54, 1.807) is 23.5 Å². The van der Waals surface area contributed by atoms with Gasteiger partial charge in [-0.15, -0.1) is 11.3 Å². The number of aliphatic hydroxyl groups excluding tert-OH is 1. The van der Waals surface area contributed by atoms with Gasteiger partial charge in [0.1, 0.15) is 5.82 Å². The highest BCUT2D eigenvalue weighted by Gasteiger charge is 2.17. The minimum absolute atomic E-state index is 0.0886. The topological polar surface area (TPSA) is 49.3 Å². The highest BCUT2D eigenvalue weighted by atomic mass is 32.1. The van der Waals surface area contributed by atoms with Crippen LogP contribution in [0.4, 0.5) is 4.39 Å². The third-order valence-electron chi connectivity index (χ3n) is 3.95. The number of halogens is 1. The van der Waals surface area contributed by atoms with E-state index in [0.717, 1.165) is 23.3 Å². The quantitative estimate of drug-likeness (QED) is 0.909. The van der Waals surface area contributed by atoms with Crippen molar-refractivity contribution in [2.45, 2.75) is 38.8 Å². The SMILES string of the molecule is O=C(NCc1ccc(F)c(CO)c1)c1cc2c(s1)CCCC2. The Morgan fingerprint density at radius 3 is 2.86 bits per heavy atom. The summed E-state index contributed by atoms with van der Waals surface area (Å²) in [5.41, 5.74) is 2.34. The Labute approximate surface area is 132 Å². The van der Waals surface area contributed by atoms with Gasteiger partial charge in [0, 0.05) is 17.0 Å². The van der Waals surface area contributed by atoms with Crippen molar-refractivity contribution in [1.29, 1.82) is 0 Å². The summed E-state index contributed by atoms with van der Waals surface area (Å²) in [5, 5.41) is 11.9. The molecule has 0 bridgehead atoms. The number of carbonyl (C=O) groups is 1. The molecule has 1 aliphatic carbocycles. The van der Waals surface area contributed by atoms with Gasteiger partial charge in [-0.25, -0.2) is 4.39 Å². The maximum atomic E-state index is 13.3. The predicted octanol–water partition coefficient (Wildman–Crippen LogP) is 3.19. The summed E-state index contributed by atoms with van der Waals surface area (Å²) in [7, 11) is 0. The fourth-order valence-electron chi connectivity index (χ4n) is 2.73. The van der Waals surface area contributed by atoms with E-state index in [1.165, 1.54) is 29.3 Å². The summed E-state index contributed by atoms with van der Waals surface area (Å²) in [6.07, 6.45) is 4.54. The van der Waals surface area contributed by atoms with Crippen molar-refractivity contribution in [3.05, 3.63) is 56.5 Å². The third kappa shape index (κ3) is 3.20. The van der Waals surface area contributed by atoms with E-state index >= 15 is 0 Å². The van der Waals surface area contributed by atoms with Crippen molar-refractivity contribution in [2.75, 3.05) is 0 Å². The number of aryl methyl sites for hydroxylation is 2. The van der Waals surface area contributed by atoms with E-state index in [9.17, 15) is 9.18 Å². The Morgan fingerprint density at radius 2 is 2.09 bits per heavy atom. The lowest BCUT2D eigenvalue weighted by atomic mass is 9.99. The molecular formula is C17H18FNO2S. The van der Waals surface area contributed by atoms with Crippen LogP contribution < -0.4 is 5.32 Å². The van der Waals surface area contributed by atoms with Crippen molar-refractivity contribution >= 4 is 17.2 Å². The lowest BCUT2D eigenvalue weighted by molar-refractivity contribution is 0.0955. The Morgan fingerprint density at radius 1 is 1.27 bits per heavy atom. The summed E-state index contributed by atoms with van der Waals surface area (Å²) in [6, 6.07) is 6.51. The van der Waals surface area contributed by atoms with Crippen molar-refractivity contribution < 1.29 is 14.3 Å².